The zero-order chi connectivity index (χ0) is 21.4. The molecule has 1 fully saturated rings. The van der Waals surface area contributed by atoms with Crippen molar-refractivity contribution in [3.8, 4) is 16.9 Å². The molecule has 0 atom stereocenters. The van der Waals surface area contributed by atoms with Gasteiger partial charge >= 0.3 is 0 Å². The summed E-state index contributed by atoms with van der Waals surface area (Å²) in [5, 5.41) is 11.1. The number of benzene rings is 1. The van der Waals surface area contributed by atoms with Crippen LogP contribution in [-0.4, -0.2) is 45.9 Å². The molecule has 0 saturated carbocycles. The molecule has 2 N–H and O–H groups in total. The molecule has 4 heterocycles. The molecule has 0 aliphatic carbocycles. The zero-order valence-electron chi connectivity index (χ0n) is 16.7. The van der Waals surface area contributed by atoms with Crippen LogP contribution in [0, 0.1) is 0 Å². The largest absolute Gasteiger partial charge is 0.508 e. The van der Waals surface area contributed by atoms with E-state index in [1.165, 1.54) is 6.07 Å². The van der Waals surface area contributed by atoms with Gasteiger partial charge in [0.2, 0.25) is 0 Å². The lowest BCUT2D eigenvalue weighted by molar-refractivity contribution is 0.122. The number of nitrogens with one attached hydrogen (secondary N) is 1. The summed E-state index contributed by atoms with van der Waals surface area (Å²) in [4.78, 5) is 22.8. The number of ether oxygens (including phenoxy) is 1. The first-order valence-corrected chi connectivity index (χ1v) is 10.4. The van der Waals surface area contributed by atoms with Crippen LogP contribution in [-0.2, 0) is 11.3 Å². The Bertz CT molecular complexity index is 1290. The number of H-pyrrole nitrogens is 1. The fourth-order valence-corrected chi connectivity index (χ4v) is 4.20. The molecule has 1 saturated heterocycles. The van der Waals surface area contributed by atoms with E-state index in [2.05, 4.69) is 20.9 Å². The van der Waals surface area contributed by atoms with Gasteiger partial charge in [-0.05, 0) is 41.5 Å². The lowest BCUT2D eigenvalue weighted by atomic mass is 10.1. The minimum atomic E-state index is -0.136. The number of halogens is 1. The Hall–Kier alpha value is -3.29. The number of hydrogen-bond acceptors (Lipinski definition) is 5. The molecule has 5 rings (SSSR count). The van der Waals surface area contributed by atoms with Gasteiger partial charge in [-0.3, -0.25) is 4.79 Å². The highest BCUT2D eigenvalue weighted by Crippen LogP contribution is 2.30. The van der Waals surface area contributed by atoms with Crippen molar-refractivity contribution in [2.75, 3.05) is 31.2 Å². The predicted octanol–water partition coefficient (Wildman–Crippen LogP) is 3.64. The van der Waals surface area contributed by atoms with Gasteiger partial charge in [0.05, 0.1) is 31.6 Å². The van der Waals surface area contributed by atoms with Crippen molar-refractivity contribution in [2.24, 2.45) is 0 Å². The van der Waals surface area contributed by atoms with Crippen molar-refractivity contribution in [3.63, 3.8) is 0 Å². The van der Waals surface area contributed by atoms with Crippen LogP contribution in [0.2, 0.25) is 5.02 Å². The van der Waals surface area contributed by atoms with Gasteiger partial charge in [-0.25, -0.2) is 4.98 Å². The van der Waals surface area contributed by atoms with E-state index in [1.807, 2.05) is 18.5 Å². The number of nitrogens with zero attached hydrogens (tertiary/aromatic N) is 3. The Kier molecular flexibility index (Phi) is 5.13. The minimum absolute atomic E-state index is 0.0783. The molecule has 8 heteroatoms. The van der Waals surface area contributed by atoms with E-state index in [0.717, 1.165) is 46.5 Å². The Morgan fingerprint density at radius 1 is 1.16 bits per heavy atom. The summed E-state index contributed by atoms with van der Waals surface area (Å²) in [7, 11) is 0. The van der Waals surface area contributed by atoms with Gasteiger partial charge in [-0.2, -0.15) is 0 Å². The van der Waals surface area contributed by atoms with Crippen molar-refractivity contribution < 1.29 is 9.84 Å². The third kappa shape index (κ3) is 4.02. The van der Waals surface area contributed by atoms with E-state index < -0.39 is 0 Å². The highest BCUT2D eigenvalue weighted by atomic mass is 35.5. The molecular formula is C23H21ClN4O3. The number of aromatic nitrogens is 3. The lowest BCUT2D eigenvalue weighted by Gasteiger charge is -2.28. The summed E-state index contributed by atoms with van der Waals surface area (Å²) >= 11 is 6.01. The molecule has 0 bridgehead atoms. The van der Waals surface area contributed by atoms with Crippen LogP contribution in [0.1, 0.15) is 5.56 Å². The molecule has 4 aromatic rings. The van der Waals surface area contributed by atoms with Crippen molar-refractivity contribution in [1.29, 1.82) is 0 Å². The van der Waals surface area contributed by atoms with E-state index >= 15 is 0 Å². The second kappa shape index (κ2) is 8.09. The van der Waals surface area contributed by atoms with Crippen LogP contribution in [0.5, 0.6) is 5.75 Å². The number of aromatic amines is 1. The summed E-state index contributed by atoms with van der Waals surface area (Å²) in [6, 6.07) is 10.4. The maximum absolute atomic E-state index is 12.8. The highest BCUT2D eigenvalue weighted by molar-refractivity contribution is 6.30. The first kappa shape index (κ1) is 19.7. The second-order valence-electron chi connectivity index (χ2n) is 7.59. The maximum atomic E-state index is 12.8. The zero-order valence-corrected chi connectivity index (χ0v) is 17.5. The Morgan fingerprint density at radius 3 is 2.77 bits per heavy atom. The number of anilines is 1. The summed E-state index contributed by atoms with van der Waals surface area (Å²) < 4.78 is 7.02. The topological polar surface area (TPSA) is 83.4 Å². The number of morpholine rings is 1. The smallest absolute Gasteiger partial charge is 0.251 e. The molecule has 7 nitrogen and oxygen atoms in total. The Labute approximate surface area is 183 Å². The number of phenols is 1. The van der Waals surface area contributed by atoms with E-state index in [1.54, 1.807) is 29.0 Å². The molecule has 1 aliphatic rings. The third-order valence-corrected chi connectivity index (χ3v) is 5.71. The maximum Gasteiger partial charge on any atom is 0.251 e. The highest BCUT2D eigenvalue weighted by Gasteiger charge is 2.15. The summed E-state index contributed by atoms with van der Waals surface area (Å²) in [6.45, 7) is 3.41. The SMILES string of the molecule is O=c1cc(-c2c[nH]c3ncc(N4CCOCC4)cc23)ccn1Cc1cc(O)cc(Cl)c1. The number of rotatable bonds is 4. The van der Waals surface area contributed by atoms with Crippen molar-refractivity contribution in [1.82, 2.24) is 14.5 Å². The number of hydrogen-bond donors (Lipinski definition) is 2. The van der Waals surface area contributed by atoms with Gasteiger partial charge in [-0.1, -0.05) is 11.6 Å². The van der Waals surface area contributed by atoms with E-state index in [9.17, 15) is 9.90 Å². The number of pyridine rings is 2. The Morgan fingerprint density at radius 2 is 2.00 bits per heavy atom. The number of phenolic OH excluding ortho intramolecular Hbond substituents is 1. The van der Waals surface area contributed by atoms with Gasteiger partial charge in [0, 0.05) is 47.5 Å². The van der Waals surface area contributed by atoms with E-state index in [4.69, 9.17) is 16.3 Å². The van der Waals surface area contributed by atoms with Crippen molar-refractivity contribution in [2.45, 2.75) is 6.54 Å². The summed E-state index contributed by atoms with van der Waals surface area (Å²) in [6.07, 6.45) is 5.51. The summed E-state index contributed by atoms with van der Waals surface area (Å²) in [5.41, 5.74) is 4.20. The van der Waals surface area contributed by atoms with Crippen LogP contribution < -0.4 is 10.5 Å². The first-order chi connectivity index (χ1) is 15.1. The van der Waals surface area contributed by atoms with Gasteiger partial charge in [-0.15, -0.1) is 0 Å². The summed E-state index contributed by atoms with van der Waals surface area (Å²) in [5.74, 6) is 0.0783. The molecule has 3 aromatic heterocycles. The van der Waals surface area contributed by atoms with Gasteiger partial charge in [0.25, 0.3) is 5.56 Å². The third-order valence-electron chi connectivity index (χ3n) is 5.50. The first-order valence-electron chi connectivity index (χ1n) is 10.1. The fraction of sp³-hybridized carbons (Fsp3) is 0.217. The molecule has 0 unspecified atom stereocenters. The molecule has 1 aromatic carbocycles. The van der Waals surface area contributed by atoms with Gasteiger partial charge < -0.3 is 24.3 Å². The molecule has 0 amide bonds. The molecule has 158 valence electrons. The average molecular weight is 437 g/mol. The molecule has 1 aliphatic heterocycles. The molecule has 0 spiro atoms. The van der Waals surface area contributed by atoms with Gasteiger partial charge in [0.15, 0.2) is 0 Å². The quantitative estimate of drug-likeness (QED) is 0.510. The van der Waals surface area contributed by atoms with Crippen LogP contribution in [0.4, 0.5) is 5.69 Å². The number of fused-ring (bicyclic) bond motifs is 1. The van der Waals surface area contributed by atoms with Crippen LogP contribution >= 0.6 is 11.6 Å². The molecule has 0 radical (unpaired) electrons. The van der Waals surface area contributed by atoms with Crippen molar-refractivity contribution in [3.05, 3.63) is 75.9 Å². The van der Waals surface area contributed by atoms with Crippen molar-refractivity contribution >= 4 is 28.3 Å². The Balaban J connectivity index is 1.47. The fourth-order valence-electron chi connectivity index (χ4n) is 3.95. The lowest BCUT2D eigenvalue weighted by Crippen LogP contribution is -2.36. The van der Waals surface area contributed by atoms with Crippen LogP contribution in [0.3, 0.4) is 0 Å². The van der Waals surface area contributed by atoms with E-state index in [-0.39, 0.29) is 11.3 Å². The normalized spacial score (nSPS) is 14.3. The second-order valence-corrected chi connectivity index (χ2v) is 8.03. The minimum Gasteiger partial charge on any atom is -0.508 e. The average Bonchev–Trinajstić information content (AvgIpc) is 3.18. The number of aromatic hydroxyl groups is 1. The van der Waals surface area contributed by atoms with Crippen LogP contribution in [0.25, 0.3) is 22.2 Å². The predicted molar refractivity (Wildman–Crippen MR) is 121 cm³/mol. The molecule has 31 heavy (non-hydrogen) atoms. The molecular weight excluding hydrogens is 416 g/mol. The standard InChI is InChI=1S/C23H21ClN4O3/c24-17-7-15(8-19(29)10-17)14-28-2-1-16(9-22(28)30)21-13-26-23-20(21)11-18(12-25-23)27-3-5-31-6-4-27/h1-2,7-13,29H,3-6,14H2,(H,25,26). The monoisotopic (exact) mass is 436 g/mol. The van der Waals surface area contributed by atoms with Crippen LogP contribution in [0.15, 0.2) is 59.8 Å². The van der Waals surface area contributed by atoms with Gasteiger partial charge in [0.1, 0.15) is 11.4 Å². The van der Waals surface area contributed by atoms with E-state index in [0.29, 0.717) is 24.8 Å².